The molecule has 0 aliphatic heterocycles. The molecule has 0 fully saturated rings. The molecule has 2 unspecified atom stereocenters. The first kappa shape index (κ1) is 12.2. The van der Waals surface area contributed by atoms with Gasteiger partial charge in [0, 0.05) is 11.8 Å². The van der Waals surface area contributed by atoms with Gasteiger partial charge in [0.05, 0.1) is 5.56 Å². The van der Waals surface area contributed by atoms with Gasteiger partial charge in [-0.25, -0.2) is 4.98 Å². The van der Waals surface area contributed by atoms with E-state index in [0.717, 1.165) is 12.3 Å². The summed E-state index contributed by atoms with van der Waals surface area (Å²) >= 11 is 0. The first-order chi connectivity index (χ1) is 7.49. The lowest BCUT2D eigenvalue weighted by atomic mass is 10.0. The van der Waals surface area contributed by atoms with Crippen LogP contribution in [0.1, 0.15) is 22.0 Å². The van der Waals surface area contributed by atoms with Gasteiger partial charge < -0.3 is 15.9 Å². The summed E-state index contributed by atoms with van der Waals surface area (Å²) in [6, 6.07) is 1.11. The van der Waals surface area contributed by atoms with Crippen molar-refractivity contribution in [1.82, 2.24) is 4.98 Å². The van der Waals surface area contributed by atoms with Gasteiger partial charge in [-0.3, -0.25) is 9.59 Å². The molecule has 86 valence electrons. The van der Waals surface area contributed by atoms with E-state index < -0.39 is 29.6 Å². The molecule has 1 heterocycles. The van der Waals surface area contributed by atoms with Gasteiger partial charge in [-0.1, -0.05) is 0 Å². The van der Waals surface area contributed by atoms with Crippen molar-refractivity contribution in [3.8, 4) is 0 Å². The number of aldehydes is 1. The molecule has 4 N–H and O–H groups in total. The third kappa shape index (κ3) is 2.20. The number of halogens is 1. The van der Waals surface area contributed by atoms with E-state index in [2.05, 4.69) is 4.98 Å². The molecule has 1 aromatic heterocycles. The lowest BCUT2D eigenvalue weighted by molar-refractivity contribution is -0.132. The number of aromatic nitrogens is 1. The number of primary amides is 1. The van der Waals surface area contributed by atoms with Crippen molar-refractivity contribution in [2.24, 2.45) is 5.73 Å². The molecular formula is C9H9FN2O4. The Morgan fingerprint density at radius 2 is 2.19 bits per heavy atom. The fourth-order valence-electron chi connectivity index (χ4n) is 1.16. The van der Waals surface area contributed by atoms with Gasteiger partial charge in [0.1, 0.15) is 6.10 Å². The number of carbonyl (C=O) groups is 2. The van der Waals surface area contributed by atoms with Crippen molar-refractivity contribution in [3.63, 3.8) is 0 Å². The van der Waals surface area contributed by atoms with E-state index in [4.69, 9.17) is 5.73 Å². The zero-order chi connectivity index (χ0) is 12.3. The Kier molecular flexibility index (Phi) is 3.64. The van der Waals surface area contributed by atoms with Crippen molar-refractivity contribution in [2.75, 3.05) is 0 Å². The van der Waals surface area contributed by atoms with Crippen molar-refractivity contribution in [3.05, 3.63) is 29.3 Å². The number of pyridine rings is 1. The average Bonchev–Trinajstić information content (AvgIpc) is 2.26. The number of aliphatic hydroxyl groups excluding tert-OH is 2. The van der Waals surface area contributed by atoms with E-state index in [0.29, 0.717) is 0 Å². The maximum Gasteiger partial charge on any atom is 0.249 e. The predicted molar refractivity (Wildman–Crippen MR) is 49.7 cm³/mol. The number of hydrogen-bond acceptors (Lipinski definition) is 5. The number of nitrogens with two attached hydrogens (primary N) is 1. The normalized spacial score (nSPS) is 14.2. The molecule has 0 aromatic carbocycles. The Hall–Kier alpha value is -1.86. The van der Waals surface area contributed by atoms with Crippen LogP contribution in [0.3, 0.4) is 0 Å². The van der Waals surface area contributed by atoms with Gasteiger partial charge in [-0.2, -0.15) is 4.39 Å². The molecule has 0 bridgehead atoms. The SMILES string of the molecule is NC(=O)C(O)C(O)c1ccnc(F)c1C=O. The topological polar surface area (TPSA) is 114 Å². The summed E-state index contributed by atoms with van der Waals surface area (Å²) in [5.41, 5.74) is 4.00. The van der Waals surface area contributed by atoms with Gasteiger partial charge in [-0.05, 0) is 6.07 Å². The van der Waals surface area contributed by atoms with E-state index in [1.54, 1.807) is 0 Å². The maximum absolute atomic E-state index is 13.0. The smallest absolute Gasteiger partial charge is 0.249 e. The van der Waals surface area contributed by atoms with E-state index >= 15 is 0 Å². The summed E-state index contributed by atoms with van der Waals surface area (Å²) < 4.78 is 13.0. The van der Waals surface area contributed by atoms with E-state index in [-0.39, 0.29) is 11.8 Å². The standard InChI is InChI=1S/C9H9FN2O4/c10-8-5(3-13)4(1-2-12-8)6(14)7(15)9(11)16/h1-3,6-7,14-15H,(H2,11,16). The zero-order valence-corrected chi connectivity index (χ0v) is 8.00. The lowest BCUT2D eigenvalue weighted by Crippen LogP contribution is -2.34. The van der Waals surface area contributed by atoms with Gasteiger partial charge in [0.2, 0.25) is 11.9 Å². The van der Waals surface area contributed by atoms with Crippen LogP contribution in [0, 0.1) is 5.95 Å². The van der Waals surface area contributed by atoms with Crippen molar-refractivity contribution in [1.29, 1.82) is 0 Å². The number of aliphatic hydroxyl groups is 2. The molecule has 1 aromatic rings. The Labute approximate surface area is 89.5 Å². The third-order valence-electron chi connectivity index (χ3n) is 2.00. The van der Waals surface area contributed by atoms with Crippen LogP contribution in [0.5, 0.6) is 0 Å². The second-order valence-corrected chi connectivity index (χ2v) is 3.01. The minimum Gasteiger partial charge on any atom is -0.385 e. The van der Waals surface area contributed by atoms with Crippen LogP contribution in [0.25, 0.3) is 0 Å². The third-order valence-corrected chi connectivity index (χ3v) is 2.00. The second kappa shape index (κ2) is 4.77. The number of carbonyl (C=O) groups excluding carboxylic acids is 2. The molecule has 0 aliphatic rings. The summed E-state index contributed by atoms with van der Waals surface area (Å²) in [7, 11) is 0. The number of rotatable bonds is 4. The largest absolute Gasteiger partial charge is 0.385 e. The van der Waals surface area contributed by atoms with Crippen LogP contribution in [-0.2, 0) is 4.79 Å². The molecule has 0 radical (unpaired) electrons. The van der Waals surface area contributed by atoms with Crippen molar-refractivity contribution >= 4 is 12.2 Å². The number of hydrogen-bond donors (Lipinski definition) is 3. The summed E-state index contributed by atoms with van der Waals surface area (Å²) in [4.78, 5) is 24.4. The first-order valence-corrected chi connectivity index (χ1v) is 4.24. The van der Waals surface area contributed by atoms with Crippen LogP contribution in [-0.4, -0.2) is 33.5 Å². The van der Waals surface area contributed by atoms with Gasteiger partial charge in [-0.15, -0.1) is 0 Å². The average molecular weight is 228 g/mol. The van der Waals surface area contributed by atoms with Crippen LogP contribution >= 0.6 is 0 Å². The van der Waals surface area contributed by atoms with Crippen LogP contribution in [0.2, 0.25) is 0 Å². The fourth-order valence-corrected chi connectivity index (χ4v) is 1.16. The monoisotopic (exact) mass is 228 g/mol. The van der Waals surface area contributed by atoms with Crippen LogP contribution < -0.4 is 5.73 Å². The molecule has 7 heteroatoms. The molecule has 0 spiro atoms. The Morgan fingerprint density at radius 1 is 1.56 bits per heavy atom. The predicted octanol–water partition coefficient (Wildman–Crippen LogP) is -1.09. The minimum absolute atomic E-state index is 0.134. The fraction of sp³-hybridized carbons (Fsp3) is 0.222. The Bertz CT molecular complexity index is 424. The van der Waals surface area contributed by atoms with Crippen molar-refractivity contribution < 1.29 is 24.2 Å². The molecule has 2 atom stereocenters. The summed E-state index contributed by atoms with van der Waals surface area (Å²) in [5, 5.41) is 18.7. The Balaban J connectivity index is 3.17. The molecule has 6 nitrogen and oxygen atoms in total. The molecule has 0 aliphatic carbocycles. The lowest BCUT2D eigenvalue weighted by Gasteiger charge is -2.16. The van der Waals surface area contributed by atoms with Gasteiger partial charge >= 0.3 is 0 Å². The summed E-state index contributed by atoms with van der Waals surface area (Å²) in [6.45, 7) is 0. The molecule has 0 saturated heterocycles. The van der Waals surface area contributed by atoms with E-state index in [1.807, 2.05) is 0 Å². The second-order valence-electron chi connectivity index (χ2n) is 3.01. The maximum atomic E-state index is 13.0. The molecule has 1 amide bonds. The minimum atomic E-state index is -1.92. The van der Waals surface area contributed by atoms with Crippen molar-refractivity contribution in [2.45, 2.75) is 12.2 Å². The summed E-state index contributed by atoms with van der Waals surface area (Å²) in [6.07, 6.45) is -2.56. The highest BCUT2D eigenvalue weighted by atomic mass is 19.1. The van der Waals surface area contributed by atoms with Crippen LogP contribution in [0.4, 0.5) is 4.39 Å². The Morgan fingerprint density at radius 3 is 2.69 bits per heavy atom. The van der Waals surface area contributed by atoms with E-state index in [1.165, 1.54) is 0 Å². The van der Waals surface area contributed by atoms with Gasteiger partial charge in [0.15, 0.2) is 12.4 Å². The number of amides is 1. The first-order valence-electron chi connectivity index (χ1n) is 4.24. The molecule has 16 heavy (non-hydrogen) atoms. The number of nitrogens with zero attached hydrogens (tertiary/aromatic N) is 1. The quantitative estimate of drug-likeness (QED) is 0.447. The van der Waals surface area contributed by atoms with Crippen LogP contribution in [0.15, 0.2) is 12.3 Å². The van der Waals surface area contributed by atoms with Gasteiger partial charge in [0.25, 0.3) is 0 Å². The summed E-state index contributed by atoms with van der Waals surface area (Å²) in [5.74, 6) is -2.27. The highest BCUT2D eigenvalue weighted by Crippen LogP contribution is 2.20. The molecular weight excluding hydrogens is 219 g/mol. The molecule has 0 saturated carbocycles. The molecule has 1 rings (SSSR count). The zero-order valence-electron chi connectivity index (χ0n) is 8.00. The van der Waals surface area contributed by atoms with E-state index in [9.17, 15) is 24.2 Å². The highest BCUT2D eigenvalue weighted by Gasteiger charge is 2.26. The highest BCUT2D eigenvalue weighted by molar-refractivity contribution is 5.81.